The molecule has 0 saturated carbocycles. The molecule has 5 nitrogen and oxygen atoms in total. The van der Waals surface area contributed by atoms with Gasteiger partial charge in [-0.05, 0) is 25.0 Å². The molecule has 0 radical (unpaired) electrons. The van der Waals surface area contributed by atoms with Crippen LogP contribution in [-0.2, 0) is 16.0 Å². The van der Waals surface area contributed by atoms with Crippen LogP contribution in [0.4, 0.5) is 0 Å². The summed E-state index contributed by atoms with van der Waals surface area (Å²) in [7, 11) is 0. The van der Waals surface area contributed by atoms with E-state index in [0.717, 1.165) is 12.1 Å². The summed E-state index contributed by atoms with van der Waals surface area (Å²) in [6.07, 6.45) is 3.00. The summed E-state index contributed by atoms with van der Waals surface area (Å²) >= 11 is 0. The zero-order chi connectivity index (χ0) is 11.8. The Morgan fingerprint density at radius 2 is 1.80 bits per heavy atom. The van der Waals surface area contributed by atoms with Gasteiger partial charge in [-0.3, -0.25) is 4.98 Å². The zero-order valence-corrected chi connectivity index (χ0v) is 8.60. The van der Waals surface area contributed by atoms with Gasteiger partial charge in [-0.2, -0.15) is 0 Å². The van der Waals surface area contributed by atoms with Crippen molar-refractivity contribution < 1.29 is 19.8 Å². The van der Waals surface area contributed by atoms with Crippen LogP contribution < -0.4 is 0 Å². The van der Waals surface area contributed by atoms with Crippen molar-refractivity contribution in [2.45, 2.75) is 20.3 Å². The molecule has 0 saturated heterocycles. The fourth-order valence-electron chi connectivity index (χ4n) is 0.708. The van der Waals surface area contributed by atoms with Crippen LogP contribution in [0, 0.1) is 6.92 Å². The predicted octanol–water partition coefficient (Wildman–Crippen LogP) is 1.11. The first kappa shape index (κ1) is 13.1. The minimum absolute atomic E-state index is 1.08. The van der Waals surface area contributed by atoms with E-state index in [1.807, 2.05) is 19.2 Å². The van der Waals surface area contributed by atoms with Crippen LogP contribution in [0.3, 0.4) is 0 Å². The summed E-state index contributed by atoms with van der Waals surface area (Å²) < 4.78 is 0. The van der Waals surface area contributed by atoms with Gasteiger partial charge in [-0.25, -0.2) is 9.59 Å². The second-order valence-electron chi connectivity index (χ2n) is 2.77. The summed E-state index contributed by atoms with van der Waals surface area (Å²) in [6, 6.07) is 4.15. The highest BCUT2D eigenvalue weighted by Gasteiger charge is 2.04. The lowest BCUT2D eigenvalue weighted by Gasteiger charge is -1.93. The molecule has 0 fully saturated rings. The zero-order valence-electron chi connectivity index (χ0n) is 8.60. The number of hydrogen-bond acceptors (Lipinski definition) is 3. The molecule has 0 bridgehead atoms. The third-order valence-electron chi connectivity index (χ3n) is 1.56. The van der Waals surface area contributed by atoms with Crippen molar-refractivity contribution in [1.29, 1.82) is 0 Å². The molecular weight excluding hydrogens is 198 g/mol. The molecular formula is C10H13NO4. The first-order valence-electron chi connectivity index (χ1n) is 4.35. The second-order valence-corrected chi connectivity index (χ2v) is 2.77. The smallest absolute Gasteiger partial charge is 0.414 e. The molecule has 0 aliphatic heterocycles. The Kier molecular flexibility index (Phi) is 5.70. The van der Waals surface area contributed by atoms with Gasteiger partial charge in [-0.1, -0.05) is 13.0 Å². The number of aryl methyl sites for hydroxylation is 2. The normalized spacial score (nSPS) is 8.67. The molecule has 0 unspecified atom stereocenters. The average Bonchev–Trinajstić information content (AvgIpc) is 2.20. The number of hydrogen-bond donors (Lipinski definition) is 2. The van der Waals surface area contributed by atoms with Gasteiger partial charge in [0.05, 0.1) is 0 Å². The summed E-state index contributed by atoms with van der Waals surface area (Å²) in [5.74, 6) is -3.65. The van der Waals surface area contributed by atoms with Gasteiger partial charge in [-0.15, -0.1) is 0 Å². The van der Waals surface area contributed by atoms with Gasteiger partial charge in [0.2, 0.25) is 0 Å². The van der Waals surface area contributed by atoms with Crippen LogP contribution in [0.15, 0.2) is 18.3 Å². The van der Waals surface area contributed by atoms with Crippen LogP contribution in [-0.4, -0.2) is 27.1 Å². The molecule has 0 aliphatic rings. The molecule has 0 amide bonds. The van der Waals surface area contributed by atoms with Crippen LogP contribution in [0.25, 0.3) is 0 Å². The molecule has 0 spiro atoms. The largest absolute Gasteiger partial charge is 0.473 e. The maximum absolute atomic E-state index is 9.10. The lowest BCUT2D eigenvalue weighted by atomic mass is 10.2. The van der Waals surface area contributed by atoms with Gasteiger partial charge >= 0.3 is 11.9 Å². The van der Waals surface area contributed by atoms with E-state index in [2.05, 4.69) is 18.0 Å². The van der Waals surface area contributed by atoms with Crippen molar-refractivity contribution in [2.75, 3.05) is 0 Å². The highest BCUT2D eigenvalue weighted by atomic mass is 16.4. The van der Waals surface area contributed by atoms with Crippen molar-refractivity contribution in [2.24, 2.45) is 0 Å². The number of carboxylic acid groups (broad SMARTS) is 2. The minimum atomic E-state index is -1.82. The Hall–Kier alpha value is -1.91. The Balaban J connectivity index is 0.000000288. The topological polar surface area (TPSA) is 87.5 Å². The van der Waals surface area contributed by atoms with Crippen LogP contribution in [0.1, 0.15) is 18.2 Å². The average molecular weight is 211 g/mol. The van der Waals surface area contributed by atoms with Gasteiger partial charge in [0.1, 0.15) is 0 Å². The van der Waals surface area contributed by atoms with Crippen LogP contribution in [0.2, 0.25) is 0 Å². The predicted molar refractivity (Wildman–Crippen MR) is 53.6 cm³/mol. The fraction of sp³-hybridized carbons (Fsp3) is 0.300. The van der Waals surface area contributed by atoms with Crippen molar-refractivity contribution >= 4 is 11.9 Å². The number of rotatable bonds is 1. The number of carbonyl (C=O) groups is 2. The first-order chi connectivity index (χ1) is 6.97. The van der Waals surface area contributed by atoms with Crippen molar-refractivity contribution in [3.63, 3.8) is 0 Å². The molecule has 1 aromatic rings. The molecule has 0 aromatic carbocycles. The van der Waals surface area contributed by atoms with Gasteiger partial charge in [0, 0.05) is 11.9 Å². The maximum Gasteiger partial charge on any atom is 0.414 e. The van der Waals surface area contributed by atoms with Crippen molar-refractivity contribution in [3.8, 4) is 0 Å². The summed E-state index contributed by atoms with van der Waals surface area (Å²) in [5.41, 5.74) is 2.40. The third kappa shape index (κ3) is 6.20. The Morgan fingerprint density at radius 1 is 1.27 bits per heavy atom. The Bertz CT molecular complexity index is 320. The van der Waals surface area contributed by atoms with E-state index < -0.39 is 11.9 Å². The van der Waals surface area contributed by atoms with Crippen LogP contribution in [0.5, 0.6) is 0 Å². The number of aliphatic carboxylic acids is 2. The molecule has 5 heteroatoms. The van der Waals surface area contributed by atoms with E-state index in [0.29, 0.717) is 0 Å². The summed E-state index contributed by atoms with van der Waals surface area (Å²) in [5, 5.41) is 14.8. The number of pyridine rings is 1. The van der Waals surface area contributed by atoms with Crippen molar-refractivity contribution in [3.05, 3.63) is 29.6 Å². The van der Waals surface area contributed by atoms with Gasteiger partial charge in [0.15, 0.2) is 0 Å². The summed E-state index contributed by atoms with van der Waals surface area (Å²) in [4.78, 5) is 22.3. The number of nitrogens with zero attached hydrogens (tertiary/aromatic N) is 1. The Labute approximate surface area is 87.4 Å². The maximum atomic E-state index is 9.10. The second kappa shape index (κ2) is 6.53. The summed E-state index contributed by atoms with van der Waals surface area (Å²) in [6.45, 7) is 4.13. The monoisotopic (exact) mass is 211 g/mol. The van der Waals surface area contributed by atoms with E-state index in [1.165, 1.54) is 5.56 Å². The van der Waals surface area contributed by atoms with E-state index in [9.17, 15) is 0 Å². The quantitative estimate of drug-likeness (QED) is 0.679. The third-order valence-corrected chi connectivity index (χ3v) is 1.56. The lowest BCUT2D eigenvalue weighted by Crippen LogP contribution is -2.09. The molecule has 15 heavy (non-hydrogen) atoms. The standard InChI is InChI=1S/C8H11N.C2H2O4/c1-3-8-5-4-7(2)9-6-8;3-1(4)2(5)6/h4-6H,3H2,1-2H3;(H,3,4)(H,5,6). The SMILES string of the molecule is CCc1ccc(C)nc1.O=C(O)C(=O)O. The highest BCUT2D eigenvalue weighted by molar-refractivity contribution is 6.27. The molecule has 82 valence electrons. The van der Waals surface area contributed by atoms with Gasteiger partial charge < -0.3 is 10.2 Å². The minimum Gasteiger partial charge on any atom is -0.473 e. The van der Waals surface area contributed by atoms with E-state index >= 15 is 0 Å². The van der Waals surface area contributed by atoms with Gasteiger partial charge in [0.25, 0.3) is 0 Å². The number of aromatic nitrogens is 1. The van der Waals surface area contributed by atoms with E-state index in [1.54, 1.807) is 0 Å². The lowest BCUT2D eigenvalue weighted by molar-refractivity contribution is -0.159. The molecule has 1 rings (SSSR count). The Morgan fingerprint density at radius 3 is 2.07 bits per heavy atom. The van der Waals surface area contributed by atoms with E-state index in [4.69, 9.17) is 19.8 Å². The molecule has 2 N–H and O–H groups in total. The highest BCUT2D eigenvalue weighted by Crippen LogP contribution is 1.98. The fourth-order valence-corrected chi connectivity index (χ4v) is 0.708. The van der Waals surface area contributed by atoms with Crippen LogP contribution >= 0.6 is 0 Å². The first-order valence-corrected chi connectivity index (χ1v) is 4.35. The van der Waals surface area contributed by atoms with Crippen molar-refractivity contribution in [1.82, 2.24) is 4.98 Å². The molecule has 1 aromatic heterocycles. The number of carboxylic acids is 2. The molecule has 1 heterocycles. The van der Waals surface area contributed by atoms with E-state index in [-0.39, 0.29) is 0 Å². The molecule has 0 aliphatic carbocycles. The molecule has 0 atom stereocenters.